The molecule has 0 heterocycles. The number of hydrogen-bond donors (Lipinski definition) is 1. The number of carbonyl (C=O) groups excluding carboxylic acids is 1. The van der Waals surface area contributed by atoms with E-state index in [0.29, 0.717) is 11.5 Å². The summed E-state index contributed by atoms with van der Waals surface area (Å²) in [7, 11) is 1.62. The second-order valence-corrected chi connectivity index (χ2v) is 6.11. The molecule has 1 amide bonds. The lowest BCUT2D eigenvalue weighted by Gasteiger charge is -2.11. The van der Waals surface area contributed by atoms with E-state index >= 15 is 0 Å². The Morgan fingerprint density at radius 3 is 2.32 bits per heavy atom. The molecular formula is C23H22N2O3. The van der Waals surface area contributed by atoms with Crippen molar-refractivity contribution in [2.75, 3.05) is 13.7 Å². The first kappa shape index (κ1) is 19.2. The zero-order valence-electron chi connectivity index (χ0n) is 15.9. The van der Waals surface area contributed by atoms with Gasteiger partial charge in [-0.25, -0.2) is 5.43 Å². The molecule has 0 atom stereocenters. The lowest BCUT2D eigenvalue weighted by Crippen LogP contribution is -2.25. The van der Waals surface area contributed by atoms with Crippen LogP contribution in [-0.4, -0.2) is 25.3 Å². The Balaban J connectivity index is 1.60. The van der Waals surface area contributed by atoms with Gasteiger partial charge < -0.3 is 9.47 Å². The fourth-order valence-electron chi connectivity index (χ4n) is 2.67. The van der Waals surface area contributed by atoms with Crippen molar-refractivity contribution in [2.45, 2.75) is 6.92 Å². The van der Waals surface area contributed by atoms with Gasteiger partial charge in [0.15, 0.2) is 6.61 Å². The average Bonchev–Trinajstić information content (AvgIpc) is 2.77. The molecule has 0 radical (unpaired) electrons. The monoisotopic (exact) mass is 374 g/mol. The smallest absolute Gasteiger partial charge is 0.277 e. The van der Waals surface area contributed by atoms with Gasteiger partial charge in [-0.2, -0.15) is 5.10 Å². The van der Waals surface area contributed by atoms with Gasteiger partial charge in [0.2, 0.25) is 0 Å². The average molecular weight is 374 g/mol. The SMILES string of the molecule is COc1ccc(/C(C)=N\NC(=O)COc2ccccc2-c2ccccc2)cc1. The number of para-hydroxylation sites is 1. The number of hydrogen-bond acceptors (Lipinski definition) is 4. The van der Waals surface area contributed by atoms with Gasteiger partial charge in [0.05, 0.1) is 12.8 Å². The van der Waals surface area contributed by atoms with E-state index in [4.69, 9.17) is 9.47 Å². The van der Waals surface area contributed by atoms with E-state index in [1.807, 2.05) is 85.8 Å². The minimum Gasteiger partial charge on any atom is -0.497 e. The first-order valence-corrected chi connectivity index (χ1v) is 8.92. The van der Waals surface area contributed by atoms with Crippen LogP contribution in [0.15, 0.2) is 84.0 Å². The number of nitrogens with one attached hydrogen (secondary N) is 1. The molecule has 0 aromatic heterocycles. The van der Waals surface area contributed by atoms with Gasteiger partial charge in [0.25, 0.3) is 5.91 Å². The van der Waals surface area contributed by atoms with E-state index in [1.165, 1.54) is 0 Å². The van der Waals surface area contributed by atoms with Crippen LogP contribution in [0.3, 0.4) is 0 Å². The Kier molecular flexibility index (Phi) is 6.41. The molecule has 3 aromatic rings. The van der Waals surface area contributed by atoms with Crippen LogP contribution in [0.1, 0.15) is 12.5 Å². The predicted molar refractivity (Wildman–Crippen MR) is 111 cm³/mol. The van der Waals surface area contributed by atoms with Crippen LogP contribution in [0.2, 0.25) is 0 Å². The van der Waals surface area contributed by atoms with Crippen LogP contribution in [-0.2, 0) is 4.79 Å². The Hall–Kier alpha value is -3.60. The van der Waals surface area contributed by atoms with Crippen LogP contribution in [0.5, 0.6) is 11.5 Å². The molecule has 1 N–H and O–H groups in total. The molecule has 0 aliphatic carbocycles. The summed E-state index contributed by atoms with van der Waals surface area (Å²) in [5, 5.41) is 4.14. The Labute approximate surface area is 164 Å². The number of ether oxygens (including phenoxy) is 2. The number of nitrogens with zero attached hydrogens (tertiary/aromatic N) is 1. The largest absolute Gasteiger partial charge is 0.497 e. The van der Waals surface area contributed by atoms with E-state index in [1.54, 1.807) is 7.11 Å². The minimum absolute atomic E-state index is 0.122. The molecule has 0 fully saturated rings. The van der Waals surface area contributed by atoms with Crippen molar-refractivity contribution in [1.82, 2.24) is 5.43 Å². The van der Waals surface area contributed by atoms with E-state index < -0.39 is 0 Å². The number of hydrazone groups is 1. The zero-order chi connectivity index (χ0) is 19.8. The van der Waals surface area contributed by atoms with Gasteiger partial charge in [0.1, 0.15) is 11.5 Å². The van der Waals surface area contributed by atoms with Crippen LogP contribution in [0, 0.1) is 0 Å². The number of benzene rings is 3. The summed E-state index contributed by atoms with van der Waals surface area (Å²) in [6, 6.07) is 25.0. The third kappa shape index (κ3) is 4.98. The second-order valence-electron chi connectivity index (χ2n) is 6.11. The topological polar surface area (TPSA) is 59.9 Å². The number of rotatable bonds is 7. The zero-order valence-corrected chi connectivity index (χ0v) is 15.9. The molecule has 3 aromatic carbocycles. The maximum Gasteiger partial charge on any atom is 0.277 e. The Morgan fingerprint density at radius 2 is 1.61 bits per heavy atom. The quantitative estimate of drug-likeness (QED) is 0.496. The summed E-state index contributed by atoms with van der Waals surface area (Å²) < 4.78 is 10.9. The van der Waals surface area contributed by atoms with E-state index in [0.717, 1.165) is 22.4 Å². The highest BCUT2D eigenvalue weighted by atomic mass is 16.5. The Bertz CT molecular complexity index is 951. The van der Waals surface area contributed by atoms with Crippen molar-refractivity contribution in [3.05, 3.63) is 84.4 Å². The van der Waals surface area contributed by atoms with Crippen molar-refractivity contribution in [3.8, 4) is 22.6 Å². The summed E-state index contributed by atoms with van der Waals surface area (Å²) >= 11 is 0. The predicted octanol–water partition coefficient (Wildman–Crippen LogP) is 4.28. The number of methoxy groups -OCH3 is 1. The van der Waals surface area contributed by atoms with Crippen molar-refractivity contribution >= 4 is 11.6 Å². The molecule has 142 valence electrons. The van der Waals surface area contributed by atoms with Gasteiger partial charge in [-0.15, -0.1) is 0 Å². The molecule has 0 spiro atoms. The van der Waals surface area contributed by atoms with Gasteiger partial charge in [-0.1, -0.05) is 48.5 Å². The lowest BCUT2D eigenvalue weighted by molar-refractivity contribution is -0.123. The highest BCUT2D eigenvalue weighted by Crippen LogP contribution is 2.29. The third-order valence-corrected chi connectivity index (χ3v) is 4.19. The maximum absolute atomic E-state index is 12.1. The molecule has 0 aliphatic rings. The first-order valence-electron chi connectivity index (χ1n) is 8.92. The summed E-state index contributed by atoms with van der Waals surface area (Å²) in [6.45, 7) is 1.71. The number of amides is 1. The molecule has 3 rings (SSSR count). The van der Waals surface area contributed by atoms with Crippen molar-refractivity contribution in [3.63, 3.8) is 0 Å². The molecule has 0 bridgehead atoms. The van der Waals surface area contributed by atoms with E-state index in [2.05, 4.69) is 10.5 Å². The summed E-state index contributed by atoms with van der Waals surface area (Å²) in [6.07, 6.45) is 0. The summed E-state index contributed by atoms with van der Waals surface area (Å²) in [4.78, 5) is 12.1. The highest BCUT2D eigenvalue weighted by Gasteiger charge is 2.08. The van der Waals surface area contributed by atoms with Crippen LogP contribution >= 0.6 is 0 Å². The molecule has 0 unspecified atom stereocenters. The van der Waals surface area contributed by atoms with Crippen LogP contribution < -0.4 is 14.9 Å². The molecule has 28 heavy (non-hydrogen) atoms. The van der Waals surface area contributed by atoms with Gasteiger partial charge >= 0.3 is 0 Å². The third-order valence-electron chi connectivity index (χ3n) is 4.19. The molecule has 5 heteroatoms. The Morgan fingerprint density at radius 1 is 0.929 bits per heavy atom. The first-order chi connectivity index (χ1) is 13.7. The highest BCUT2D eigenvalue weighted by molar-refractivity contribution is 5.99. The number of carbonyl (C=O) groups is 1. The van der Waals surface area contributed by atoms with Crippen LogP contribution in [0.25, 0.3) is 11.1 Å². The van der Waals surface area contributed by atoms with E-state index in [9.17, 15) is 4.79 Å². The maximum atomic E-state index is 12.1. The molecule has 5 nitrogen and oxygen atoms in total. The van der Waals surface area contributed by atoms with Crippen LogP contribution in [0.4, 0.5) is 0 Å². The standard InChI is InChI=1S/C23H22N2O3/c1-17(18-12-14-20(27-2)15-13-18)24-25-23(26)16-28-22-11-7-6-10-21(22)19-8-4-3-5-9-19/h3-15H,16H2,1-2H3,(H,25,26)/b24-17-. The normalized spacial score (nSPS) is 11.0. The second kappa shape index (κ2) is 9.37. The van der Waals surface area contributed by atoms with Crippen molar-refractivity contribution < 1.29 is 14.3 Å². The van der Waals surface area contributed by atoms with Gasteiger partial charge in [-0.05, 0) is 48.4 Å². The minimum atomic E-state index is -0.323. The summed E-state index contributed by atoms with van der Waals surface area (Å²) in [5.41, 5.74) is 6.10. The van der Waals surface area contributed by atoms with Gasteiger partial charge in [-0.3, -0.25) is 4.79 Å². The van der Waals surface area contributed by atoms with E-state index in [-0.39, 0.29) is 12.5 Å². The van der Waals surface area contributed by atoms with Crippen molar-refractivity contribution in [1.29, 1.82) is 0 Å². The molecule has 0 saturated heterocycles. The molecule has 0 aliphatic heterocycles. The molecular weight excluding hydrogens is 352 g/mol. The molecule has 0 saturated carbocycles. The summed E-state index contributed by atoms with van der Waals surface area (Å²) in [5.74, 6) is 1.10. The van der Waals surface area contributed by atoms with Gasteiger partial charge in [0, 0.05) is 5.56 Å². The fourth-order valence-corrected chi connectivity index (χ4v) is 2.67. The fraction of sp³-hybridized carbons (Fsp3) is 0.130. The lowest BCUT2D eigenvalue weighted by atomic mass is 10.1. The van der Waals surface area contributed by atoms with Crippen molar-refractivity contribution in [2.24, 2.45) is 5.10 Å².